The summed E-state index contributed by atoms with van der Waals surface area (Å²) in [5.74, 6) is 0. The molecule has 0 saturated heterocycles. The maximum absolute atomic E-state index is 13.7. The fourth-order valence-corrected chi connectivity index (χ4v) is 10.8. The third kappa shape index (κ3) is 4.96. The maximum Gasteiger partial charge on any atom is 0.147 e. The van der Waals surface area contributed by atoms with E-state index in [9.17, 15) is 9.90 Å². The van der Waals surface area contributed by atoms with E-state index in [-0.39, 0.29) is 34.4 Å². The second-order valence-corrected chi connectivity index (χ2v) is 13.9. The molecule has 0 fully saturated rings. The number of carbonyl (C=O) groups is 1. The van der Waals surface area contributed by atoms with Crippen LogP contribution >= 0.6 is 0 Å². The van der Waals surface area contributed by atoms with Crippen molar-refractivity contribution in [2.45, 2.75) is 70.4 Å². The van der Waals surface area contributed by atoms with Crippen LogP contribution in [0.25, 0.3) is 0 Å². The van der Waals surface area contributed by atoms with Gasteiger partial charge in [0, 0.05) is 12.7 Å². The van der Waals surface area contributed by atoms with E-state index in [2.05, 4.69) is 48.1 Å². The van der Waals surface area contributed by atoms with Crippen molar-refractivity contribution in [3.63, 3.8) is 0 Å². The van der Waals surface area contributed by atoms with Crippen LogP contribution in [-0.2, 0) is 14.3 Å². The molecule has 1 aromatic carbocycles. The van der Waals surface area contributed by atoms with Gasteiger partial charge in [0.2, 0.25) is 0 Å². The van der Waals surface area contributed by atoms with Crippen molar-refractivity contribution in [3.8, 4) is 0 Å². The Kier molecular flexibility index (Phi) is 9.08. The van der Waals surface area contributed by atoms with E-state index in [0.29, 0.717) is 0 Å². The zero-order chi connectivity index (χ0) is 20.8. The maximum atomic E-state index is 13.7. The summed E-state index contributed by atoms with van der Waals surface area (Å²) in [6.45, 7) is 16.8. The molecule has 0 heterocycles. The van der Waals surface area contributed by atoms with Crippen molar-refractivity contribution in [1.82, 2.24) is 0 Å². The van der Waals surface area contributed by atoms with Crippen molar-refractivity contribution in [2.75, 3.05) is 13.9 Å². The highest BCUT2D eigenvalue weighted by Crippen LogP contribution is 2.44. The summed E-state index contributed by atoms with van der Waals surface area (Å²) in [6, 6.07) is 9.41. The fraction of sp³-hybridized carbons (Fsp3) is 0.591. The Balaban J connectivity index is 3.27. The van der Waals surface area contributed by atoms with Crippen molar-refractivity contribution in [3.05, 3.63) is 48.0 Å². The Bertz CT molecular complexity index is 588. The van der Waals surface area contributed by atoms with Crippen LogP contribution in [0.4, 0.5) is 0 Å². The SMILES string of the molecule is C=C(C(=O)[Si](C(C)C)(C(C)C)C(C)C)[C@H](O)[C@H](OCOC)c1ccccc1. The Morgan fingerprint density at radius 2 is 1.52 bits per heavy atom. The van der Waals surface area contributed by atoms with E-state index in [0.717, 1.165) is 5.56 Å². The molecular formula is C22H36O4Si. The molecule has 1 aromatic rings. The smallest absolute Gasteiger partial charge is 0.147 e. The number of carbonyl (C=O) groups excluding carboxylic acids is 1. The number of aliphatic hydroxyl groups excluding tert-OH is 1. The Hall–Kier alpha value is -1.27. The van der Waals surface area contributed by atoms with Gasteiger partial charge in [-0.3, -0.25) is 0 Å². The van der Waals surface area contributed by atoms with Gasteiger partial charge in [-0.15, -0.1) is 0 Å². The number of hydrogen-bond acceptors (Lipinski definition) is 4. The molecule has 4 nitrogen and oxygen atoms in total. The van der Waals surface area contributed by atoms with Crippen molar-refractivity contribution < 1.29 is 19.4 Å². The second-order valence-electron chi connectivity index (χ2n) is 8.10. The van der Waals surface area contributed by atoms with Crippen LogP contribution in [0, 0.1) is 0 Å². The highest BCUT2D eigenvalue weighted by Gasteiger charge is 2.51. The van der Waals surface area contributed by atoms with Crippen LogP contribution in [0.15, 0.2) is 42.5 Å². The zero-order valence-electron chi connectivity index (χ0n) is 17.9. The van der Waals surface area contributed by atoms with Gasteiger partial charge in [-0.05, 0) is 22.2 Å². The predicted octanol–water partition coefficient (Wildman–Crippen LogP) is 5.05. The average molecular weight is 393 g/mol. The Labute approximate surface area is 165 Å². The first-order valence-electron chi connectivity index (χ1n) is 9.69. The van der Waals surface area contributed by atoms with E-state index in [1.54, 1.807) is 0 Å². The lowest BCUT2D eigenvalue weighted by Crippen LogP contribution is -2.54. The van der Waals surface area contributed by atoms with Crippen LogP contribution in [0.2, 0.25) is 16.6 Å². The molecule has 1 rings (SSSR count). The van der Waals surface area contributed by atoms with Gasteiger partial charge in [-0.1, -0.05) is 78.5 Å². The molecule has 5 heteroatoms. The number of methoxy groups -OCH3 is 1. The van der Waals surface area contributed by atoms with Crippen LogP contribution in [0.3, 0.4) is 0 Å². The molecule has 0 unspecified atom stereocenters. The molecule has 0 spiro atoms. The van der Waals surface area contributed by atoms with Gasteiger partial charge >= 0.3 is 0 Å². The molecule has 0 bridgehead atoms. The first kappa shape index (κ1) is 23.8. The lowest BCUT2D eigenvalue weighted by atomic mass is 9.99. The summed E-state index contributed by atoms with van der Waals surface area (Å²) in [5, 5.41) is 11.1. The molecule has 1 N–H and O–H groups in total. The number of hydrogen-bond donors (Lipinski definition) is 1. The zero-order valence-corrected chi connectivity index (χ0v) is 18.9. The van der Waals surface area contributed by atoms with Crippen LogP contribution in [-0.4, -0.2) is 38.6 Å². The van der Waals surface area contributed by atoms with E-state index in [1.165, 1.54) is 7.11 Å². The lowest BCUT2D eigenvalue weighted by molar-refractivity contribution is -0.119. The minimum atomic E-state index is -2.42. The topological polar surface area (TPSA) is 55.8 Å². The lowest BCUT2D eigenvalue weighted by Gasteiger charge is -2.42. The number of aliphatic hydroxyl groups is 1. The minimum absolute atomic E-state index is 0.0270. The molecule has 0 aliphatic carbocycles. The van der Waals surface area contributed by atoms with E-state index >= 15 is 0 Å². The third-order valence-electron chi connectivity index (χ3n) is 5.69. The first-order chi connectivity index (χ1) is 12.6. The molecule has 152 valence electrons. The largest absolute Gasteiger partial charge is 0.385 e. The molecule has 0 aliphatic rings. The van der Waals surface area contributed by atoms with Gasteiger partial charge in [0.25, 0.3) is 0 Å². The highest BCUT2D eigenvalue weighted by atomic mass is 28.3. The minimum Gasteiger partial charge on any atom is -0.385 e. The van der Waals surface area contributed by atoms with Crippen molar-refractivity contribution in [1.29, 1.82) is 0 Å². The normalized spacial score (nSPS) is 14.6. The van der Waals surface area contributed by atoms with E-state index in [4.69, 9.17) is 9.47 Å². The summed E-state index contributed by atoms with van der Waals surface area (Å²) < 4.78 is 10.8. The summed E-state index contributed by atoms with van der Waals surface area (Å²) in [7, 11) is -0.890. The average Bonchev–Trinajstić information content (AvgIpc) is 2.61. The summed E-state index contributed by atoms with van der Waals surface area (Å²) in [6.07, 6.45) is -1.81. The highest BCUT2D eigenvalue weighted by molar-refractivity contribution is 7.10. The number of rotatable bonds is 11. The monoisotopic (exact) mass is 392 g/mol. The molecule has 0 amide bonds. The van der Waals surface area contributed by atoms with Crippen LogP contribution < -0.4 is 0 Å². The van der Waals surface area contributed by atoms with Crippen LogP contribution in [0.1, 0.15) is 53.2 Å². The van der Waals surface area contributed by atoms with Gasteiger partial charge in [-0.25, -0.2) is 0 Å². The molecule has 2 atom stereocenters. The van der Waals surface area contributed by atoms with E-state index in [1.807, 2.05) is 30.3 Å². The predicted molar refractivity (Wildman–Crippen MR) is 113 cm³/mol. The number of benzene rings is 1. The second kappa shape index (κ2) is 10.3. The molecule has 0 aliphatic heterocycles. The Morgan fingerprint density at radius 1 is 1.04 bits per heavy atom. The molecule has 27 heavy (non-hydrogen) atoms. The molecule has 0 saturated carbocycles. The summed E-state index contributed by atoms with van der Waals surface area (Å²) in [5.41, 5.74) is 1.81. The number of ether oxygens (including phenoxy) is 2. The van der Waals surface area contributed by atoms with Gasteiger partial charge in [-0.2, -0.15) is 0 Å². The Morgan fingerprint density at radius 3 is 1.93 bits per heavy atom. The van der Waals surface area contributed by atoms with Crippen molar-refractivity contribution >= 4 is 13.5 Å². The van der Waals surface area contributed by atoms with Gasteiger partial charge in [0.05, 0.1) is 0 Å². The van der Waals surface area contributed by atoms with E-state index < -0.39 is 20.3 Å². The van der Waals surface area contributed by atoms with Gasteiger partial charge in [0.1, 0.15) is 32.5 Å². The standard InChI is InChI=1S/C22H36O4Si/c1-15(2)27(16(3)4,17(5)6)22(24)18(7)20(23)21(26-14-25-8)19-12-10-9-11-13-19/h9-13,15-17,20-21,23H,7,14H2,1-6,8H3/t20-,21+/m0/s1. The van der Waals surface area contributed by atoms with Gasteiger partial charge in [0.15, 0.2) is 0 Å². The molecule has 0 aromatic heterocycles. The molecular weight excluding hydrogens is 356 g/mol. The quantitative estimate of drug-likeness (QED) is 0.325. The fourth-order valence-electron chi connectivity index (χ4n) is 4.54. The molecule has 0 radical (unpaired) electrons. The first-order valence-corrected chi connectivity index (χ1v) is 11.9. The van der Waals surface area contributed by atoms with Gasteiger partial charge < -0.3 is 19.4 Å². The third-order valence-corrected chi connectivity index (χ3v) is 12.5. The summed E-state index contributed by atoms with van der Waals surface area (Å²) >= 11 is 0. The van der Waals surface area contributed by atoms with Crippen LogP contribution in [0.5, 0.6) is 0 Å². The summed E-state index contributed by atoms with van der Waals surface area (Å²) in [4.78, 5) is 13.7. The van der Waals surface area contributed by atoms with Crippen molar-refractivity contribution in [2.24, 2.45) is 0 Å².